The molecule has 0 fully saturated rings. The summed E-state index contributed by atoms with van der Waals surface area (Å²) >= 11 is 6.06. The number of aromatic nitrogens is 1. The van der Waals surface area contributed by atoms with E-state index in [0.717, 1.165) is 46.3 Å². The fourth-order valence-corrected chi connectivity index (χ4v) is 4.39. The Balaban J connectivity index is 1.38. The zero-order valence-corrected chi connectivity index (χ0v) is 22.0. The molecule has 1 heterocycles. The van der Waals surface area contributed by atoms with Gasteiger partial charge < -0.3 is 20.3 Å². The molecule has 37 heavy (non-hydrogen) atoms. The molecule has 6 nitrogen and oxygen atoms in total. The van der Waals surface area contributed by atoms with Crippen LogP contribution >= 0.6 is 11.6 Å². The minimum Gasteiger partial charge on any atom is -0.497 e. The van der Waals surface area contributed by atoms with E-state index >= 15 is 0 Å². The Kier molecular flexibility index (Phi) is 9.22. The van der Waals surface area contributed by atoms with Crippen molar-refractivity contribution in [3.8, 4) is 5.75 Å². The number of ether oxygens (including phenoxy) is 1. The number of nitrogens with zero attached hydrogens (tertiary/aromatic N) is 2. The van der Waals surface area contributed by atoms with Crippen LogP contribution in [-0.2, 0) is 13.1 Å². The first-order chi connectivity index (χ1) is 18.0. The average molecular weight is 517 g/mol. The Bertz CT molecular complexity index is 1300. The summed E-state index contributed by atoms with van der Waals surface area (Å²) in [4.78, 5) is 19.5. The van der Waals surface area contributed by atoms with E-state index in [-0.39, 0.29) is 12.1 Å². The number of anilines is 1. The highest BCUT2D eigenvalue weighted by molar-refractivity contribution is 6.30. The summed E-state index contributed by atoms with van der Waals surface area (Å²) in [7, 11) is 1.67. The van der Waals surface area contributed by atoms with Crippen LogP contribution < -0.4 is 15.4 Å². The molecule has 4 aromatic rings. The number of rotatable bonds is 11. The number of nitrogens with one attached hydrogen (secondary N) is 2. The second-order valence-corrected chi connectivity index (χ2v) is 9.57. The normalized spacial score (nSPS) is 11.6. The van der Waals surface area contributed by atoms with Crippen molar-refractivity contribution in [2.75, 3.05) is 19.0 Å². The van der Waals surface area contributed by atoms with Crippen molar-refractivity contribution in [3.63, 3.8) is 0 Å². The maximum atomic E-state index is 13.1. The van der Waals surface area contributed by atoms with E-state index in [2.05, 4.69) is 22.5 Å². The van der Waals surface area contributed by atoms with Crippen molar-refractivity contribution in [3.05, 3.63) is 101 Å². The van der Waals surface area contributed by atoms with E-state index in [1.807, 2.05) is 83.8 Å². The molecular weight excluding hydrogens is 484 g/mol. The number of carbonyl (C=O) groups is 1. The molecule has 0 bridgehead atoms. The smallest absolute Gasteiger partial charge is 0.317 e. The lowest BCUT2D eigenvalue weighted by Gasteiger charge is -2.25. The Hall–Kier alpha value is -3.77. The molecule has 0 spiro atoms. The third kappa shape index (κ3) is 7.61. The minimum absolute atomic E-state index is 0.0811. The predicted molar refractivity (Wildman–Crippen MR) is 151 cm³/mol. The molecule has 4 rings (SSSR count). The molecule has 0 aliphatic carbocycles. The topological polar surface area (TPSA) is 66.5 Å². The molecule has 0 saturated heterocycles. The second-order valence-electron chi connectivity index (χ2n) is 9.13. The van der Waals surface area contributed by atoms with Gasteiger partial charge in [0.2, 0.25) is 0 Å². The Morgan fingerprint density at radius 1 is 1.03 bits per heavy atom. The number of hydrogen-bond donors (Lipinski definition) is 2. The van der Waals surface area contributed by atoms with Gasteiger partial charge in [-0.1, -0.05) is 60.1 Å². The van der Waals surface area contributed by atoms with E-state index in [1.165, 1.54) is 0 Å². The molecule has 1 atom stereocenters. The van der Waals surface area contributed by atoms with Gasteiger partial charge in [0.25, 0.3) is 0 Å². The first kappa shape index (κ1) is 26.3. The van der Waals surface area contributed by atoms with Gasteiger partial charge in [0, 0.05) is 48.3 Å². The number of urea groups is 1. The van der Waals surface area contributed by atoms with E-state index in [1.54, 1.807) is 13.3 Å². The van der Waals surface area contributed by atoms with Crippen molar-refractivity contribution < 1.29 is 9.53 Å². The van der Waals surface area contributed by atoms with E-state index in [0.29, 0.717) is 24.7 Å². The standard InChI is InChI=1S/C30H33ClN4O2/c1-22(34-28-19-27(37-2)18-25-11-6-16-32-29(25)28)8-7-17-35(21-24-12-14-26(31)15-13-24)30(36)33-20-23-9-4-3-5-10-23/h3-6,9-16,18-19,22,34H,7-8,17,20-21H2,1-2H3,(H,33,36). The van der Waals surface area contributed by atoms with Crippen LogP contribution in [-0.4, -0.2) is 35.6 Å². The summed E-state index contributed by atoms with van der Waals surface area (Å²) in [6, 6.07) is 25.6. The van der Waals surface area contributed by atoms with Gasteiger partial charge in [-0.15, -0.1) is 0 Å². The van der Waals surface area contributed by atoms with Crippen LogP contribution in [0.5, 0.6) is 5.75 Å². The number of methoxy groups -OCH3 is 1. The number of carbonyl (C=O) groups excluding carboxylic acids is 1. The van der Waals surface area contributed by atoms with E-state index in [9.17, 15) is 4.79 Å². The summed E-state index contributed by atoms with van der Waals surface area (Å²) in [6.07, 6.45) is 3.53. The number of hydrogen-bond acceptors (Lipinski definition) is 4. The molecule has 2 amide bonds. The Labute approximate surface area is 223 Å². The van der Waals surface area contributed by atoms with Crippen LogP contribution in [0.2, 0.25) is 5.02 Å². The van der Waals surface area contributed by atoms with Crippen molar-refractivity contribution in [2.45, 2.75) is 38.9 Å². The summed E-state index contributed by atoms with van der Waals surface area (Å²) in [5, 5.41) is 8.37. The van der Waals surface area contributed by atoms with Crippen LogP contribution in [0, 0.1) is 0 Å². The average Bonchev–Trinajstić information content (AvgIpc) is 2.92. The zero-order valence-electron chi connectivity index (χ0n) is 21.3. The Morgan fingerprint density at radius 3 is 2.57 bits per heavy atom. The molecule has 192 valence electrons. The van der Waals surface area contributed by atoms with Gasteiger partial charge >= 0.3 is 6.03 Å². The summed E-state index contributed by atoms with van der Waals surface area (Å²) in [6.45, 7) is 3.79. The fraction of sp³-hybridized carbons (Fsp3) is 0.267. The van der Waals surface area contributed by atoms with Crippen molar-refractivity contribution in [2.24, 2.45) is 0 Å². The SMILES string of the molecule is COc1cc(NC(C)CCCN(Cc2ccc(Cl)cc2)C(=O)NCc2ccccc2)c2ncccc2c1. The molecule has 1 unspecified atom stereocenters. The van der Waals surface area contributed by atoms with Gasteiger partial charge in [-0.2, -0.15) is 0 Å². The molecule has 0 saturated carbocycles. The molecule has 3 aromatic carbocycles. The fourth-order valence-electron chi connectivity index (χ4n) is 4.27. The lowest BCUT2D eigenvalue weighted by Crippen LogP contribution is -2.40. The van der Waals surface area contributed by atoms with Gasteiger partial charge in [-0.25, -0.2) is 4.79 Å². The molecule has 0 radical (unpaired) electrons. The first-order valence-corrected chi connectivity index (χ1v) is 12.9. The largest absolute Gasteiger partial charge is 0.497 e. The summed E-state index contributed by atoms with van der Waals surface area (Å²) in [5.41, 5.74) is 3.97. The zero-order chi connectivity index (χ0) is 26.0. The number of halogens is 1. The maximum Gasteiger partial charge on any atom is 0.317 e. The van der Waals surface area contributed by atoms with Gasteiger partial charge in [0.15, 0.2) is 0 Å². The lowest BCUT2D eigenvalue weighted by atomic mass is 10.1. The predicted octanol–water partition coefficient (Wildman–Crippen LogP) is 6.89. The third-order valence-electron chi connectivity index (χ3n) is 6.24. The highest BCUT2D eigenvalue weighted by Gasteiger charge is 2.15. The molecule has 7 heteroatoms. The molecule has 0 aliphatic heterocycles. The van der Waals surface area contributed by atoms with Crippen molar-refractivity contribution >= 4 is 34.2 Å². The summed E-state index contributed by atoms with van der Waals surface area (Å²) < 4.78 is 5.48. The van der Waals surface area contributed by atoms with E-state index in [4.69, 9.17) is 16.3 Å². The molecule has 0 aliphatic rings. The number of pyridine rings is 1. The van der Waals surface area contributed by atoms with Crippen LogP contribution in [0.25, 0.3) is 10.9 Å². The summed E-state index contributed by atoms with van der Waals surface area (Å²) in [5.74, 6) is 0.791. The van der Waals surface area contributed by atoms with Crippen LogP contribution in [0.1, 0.15) is 30.9 Å². The highest BCUT2D eigenvalue weighted by atomic mass is 35.5. The van der Waals surface area contributed by atoms with Gasteiger partial charge in [-0.3, -0.25) is 4.98 Å². The first-order valence-electron chi connectivity index (χ1n) is 12.5. The van der Waals surface area contributed by atoms with Crippen molar-refractivity contribution in [1.29, 1.82) is 0 Å². The maximum absolute atomic E-state index is 13.1. The van der Waals surface area contributed by atoms with Gasteiger partial charge in [-0.05, 0) is 55.2 Å². The van der Waals surface area contributed by atoms with Crippen LogP contribution in [0.15, 0.2) is 85.1 Å². The quantitative estimate of drug-likeness (QED) is 0.228. The third-order valence-corrected chi connectivity index (χ3v) is 6.49. The van der Waals surface area contributed by atoms with Gasteiger partial charge in [0.1, 0.15) is 5.75 Å². The van der Waals surface area contributed by atoms with Gasteiger partial charge in [0.05, 0.1) is 18.3 Å². The lowest BCUT2D eigenvalue weighted by molar-refractivity contribution is 0.193. The Morgan fingerprint density at radius 2 is 1.81 bits per heavy atom. The highest BCUT2D eigenvalue weighted by Crippen LogP contribution is 2.28. The van der Waals surface area contributed by atoms with Crippen LogP contribution in [0.4, 0.5) is 10.5 Å². The molecular formula is C30H33ClN4O2. The van der Waals surface area contributed by atoms with E-state index < -0.39 is 0 Å². The number of benzene rings is 3. The minimum atomic E-state index is -0.0811. The number of amides is 2. The van der Waals surface area contributed by atoms with Crippen LogP contribution in [0.3, 0.4) is 0 Å². The number of fused-ring (bicyclic) bond motifs is 1. The molecule has 1 aromatic heterocycles. The van der Waals surface area contributed by atoms with Crippen molar-refractivity contribution in [1.82, 2.24) is 15.2 Å². The second kappa shape index (κ2) is 13.0. The molecule has 2 N–H and O–H groups in total. The monoisotopic (exact) mass is 516 g/mol.